The van der Waals surface area contributed by atoms with Crippen LogP contribution in [0.3, 0.4) is 0 Å². The van der Waals surface area contributed by atoms with Gasteiger partial charge in [0.15, 0.2) is 0 Å². The van der Waals surface area contributed by atoms with Gasteiger partial charge in [0.05, 0.1) is 0 Å². The molecule has 0 fully saturated rings. The molecule has 0 aliphatic carbocycles. The number of aliphatic hydroxyl groups excluding tert-OH is 2. The predicted octanol–water partition coefficient (Wildman–Crippen LogP) is 2.37. The molecule has 92 valence electrons. The van der Waals surface area contributed by atoms with Gasteiger partial charge in [0.2, 0.25) is 0 Å². The third kappa shape index (κ3) is 10.2. The second kappa shape index (κ2) is 10.4. The van der Waals surface area contributed by atoms with Crippen LogP contribution in [-0.2, 0) is 0 Å². The van der Waals surface area contributed by atoms with Crippen molar-refractivity contribution in [1.82, 2.24) is 5.32 Å². The quantitative estimate of drug-likeness (QED) is 0.389. The molecule has 0 aromatic heterocycles. The normalized spacial score (nSPS) is 15.2. The fourth-order valence-corrected chi connectivity index (χ4v) is 1.60. The van der Waals surface area contributed by atoms with Gasteiger partial charge >= 0.3 is 0 Å². The van der Waals surface area contributed by atoms with Crippen molar-refractivity contribution in [2.75, 3.05) is 0 Å². The number of rotatable bonds is 10. The molecule has 3 heteroatoms. The molecule has 0 aromatic rings. The summed E-state index contributed by atoms with van der Waals surface area (Å²) in [4.78, 5) is 0. The highest BCUT2D eigenvalue weighted by molar-refractivity contribution is 4.58. The summed E-state index contributed by atoms with van der Waals surface area (Å²) < 4.78 is 0. The summed E-state index contributed by atoms with van der Waals surface area (Å²) in [6.07, 6.45) is 7.26. The lowest BCUT2D eigenvalue weighted by molar-refractivity contribution is 0.0320. The maximum absolute atomic E-state index is 9.53. The highest BCUT2D eigenvalue weighted by Gasteiger charge is 2.08. The molecule has 0 saturated carbocycles. The molecule has 0 aromatic carbocycles. The van der Waals surface area contributed by atoms with Crippen molar-refractivity contribution < 1.29 is 10.2 Å². The van der Waals surface area contributed by atoms with Crippen LogP contribution < -0.4 is 5.32 Å². The van der Waals surface area contributed by atoms with Crippen LogP contribution in [0.5, 0.6) is 0 Å². The summed E-state index contributed by atoms with van der Waals surface area (Å²) in [5, 5.41) is 21.7. The number of nitrogens with one attached hydrogen (secondary N) is 1. The first kappa shape index (κ1) is 14.9. The monoisotopic (exact) mass is 217 g/mol. The molecule has 0 radical (unpaired) electrons. The van der Waals surface area contributed by atoms with Gasteiger partial charge in [-0.25, -0.2) is 0 Å². The average molecular weight is 217 g/mol. The number of hydrogen-bond donors (Lipinski definition) is 3. The Hall–Kier alpha value is -0.120. The van der Waals surface area contributed by atoms with E-state index in [2.05, 4.69) is 12.2 Å². The van der Waals surface area contributed by atoms with Crippen LogP contribution >= 0.6 is 0 Å². The smallest absolute Gasteiger partial charge is 0.106 e. The zero-order valence-corrected chi connectivity index (χ0v) is 10.2. The van der Waals surface area contributed by atoms with E-state index < -0.39 is 12.5 Å². The molecule has 15 heavy (non-hydrogen) atoms. The van der Waals surface area contributed by atoms with Crippen molar-refractivity contribution in [2.45, 2.75) is 77.7 Å². The molecular weight excluding hydrogens is 190 g/mol. The van der Waals surface area contributed by atoms with E-state index in [1.165, 1.54) is 25.7 Å². The Morgan fingerprint density at radius 1 is 0.800 bits per heavy atom. The lowest BCUT2D eigenvalue weighted by Crippen LogP contribution is -2.37. The molecule has 0 aliphatic heterocycles. The SMILES string of the molecule is CCCCCCCC(O)NC(O)CCC. The molecule has 0 heterocycles. The van der Waals surface area contributed by atoms with Crippen molar-refractivity contribution >= 4 is 0 Å². The van der Waals surface area contributed by atoms with Crippen LogP contribution in [0.2, 0.25) is 0 Å². The van der Waals surface area contributed by atoms with Crippen LogP contribution in [0.15, 0.2) is 0 Å². The van der Waals surface area contributed by atoms with Crippen LogP contribution in [0.25, 0.3) is 0 Å². The number of unbranched alkanes of at least 4 members (excludes halogenated alkanes) is 4. The summed E-state index contributed by atoms with van der Waals surface area (Å²) in [6, 6.07) is 0. The van der Waals surface area contributed by atoms with Gasteiger partial charge < -0.3 is 10.2 Å². The molecule has 0 spiro atoms. The summed E-state index contributed by atoms with van der Waals surface area (Å²) in [6.45, 7) is 4.21. The first-order valence-corrected chi connectivity index (χ1v) is 6.32. The van der Waals surface area contributed by atoms with Gasteiger partial charge in [0.1, 0.15) is 12.5 Å². The minimum Gasteiger partial charge on any atom is -0.379 e. The number of hydrogen-bond acceptors (Lipinski definition) is 3. The molecule has 3 nitrogen and oxygen atoms in total. The zero-order valence-electron chi connectivity index (χ0n) is 10.2. The fraction of sp³-hybridized carbons (Fsp3) is 1.00. The van der Waals surface area contributed by atoms with Crippen LogP contribution in [0.1, 0.15) is 65.2 Å². The Morgan fingerprint density at radius 3 is 2.00 bits per heavy atom. The fourth-order valence-electron chi connectivity index (χ4n) is 1.60. The Morgan fingerprint density at radius 2 is 1.40 bits per heavy atom. The van der Waals surface area contributed by atoms with Gasteiger partial charge in [-0.05, 0) is 19.3 Å². The summed E-state index contributed by atoms with van der Waals surface area (Å²) in [7, 11) is 0. The van der Waals surface area contributed by atoms with Gasteiger partial charge in [0, 0.05) is 0 Å². The zero-order chi connectivity index (χ0) is 11.5. The molecule has 2 atom stereocenters. The Labute approximate surface area is 93.9 Å². The minimum atomic E-state index is -0.555. The summed E-state index contributed by atoms with van der Waals surface area (Å²) in [5.41, 5.74) is 0. The number of aliphatic hydroxyl groups is 2. The summed E-state index contributed by atoms with van der Waals surface area (Å²) >= 11 is 0. The van der Waals surface area contributed by atoms with Gasteiger partial charge in [-0.2, -0.15) is 0 Å². The van der Waals surface area contributed by atoms with Crippen molar-refractivity contribution in [3.05, 3.63) is 0 Å². The van der Waals surface area contributed by atoms with Gasteiger partial charge in [-0.15, -0.1) is 0 Å². The van der Waals surface area contributed by atoms with E-state index in [0.29, 0.717) is 6.42 Å². The Bertz CT molecular complexity index is 131. The van der Waals surface area contributed by atoms with Crippen LogP contribution in [0, 0.1) is 0 Å². The first-order chi connectivity index (χ1) is 7.20. The second-order valence-electron chi connectivity index (χ2n) is 4.19. The molecule has 2 unspecified atom stereocenters. The van der Waals surface area contributed by atoms with Crippen molar-refractivity contribution in [3.63, 3.8) is 0 Å². The van der Waals surface area contributed by atoms with E-state index in [1.807, 2.05) is 6.92 Å². The summed E-state index contributed by atoms with van der Waals surface area (Å²) in [5.74, 6) is 0. The lowest BCUT2D eigenvalue weighted by Gasteiger charge is -2.17. The molecule has 0 amide bonds. The standard InChI is InChI=1S/C12H27NO2/c1-3-5-6-7-8-10-12(15)13-11(14)9-4-2/h11-15H,3-10H2,1-2H3. The predicted molar refractivity (Wildman–Crippen MR) is 63.4 cm³/mol. The largest absolute Gasteiger partial charge is 0.379 e. The third-order valence-corrected chi connectivity index (χ3v) is 2.53. The molecule has 0 saturated heterocycles. The maximum atomic E-state index is 9.53. The minimum absolute atomic E-state index is 0.548. The molecular formula is C12H27NO2. The van der Waals surface area contributed by atoms with E-state index >= 15 is 0 Å². The van der Waals surface area contributed by atoms with E-state index in [4.69, 9.17) is 0 Å². The van der Waals surface area contributed by atoms with Gasteiger partial charge in [-0.1, -0.05) is 46.0 Å². The lowest BCUT2D eigenvalue weighted by atomic mass is 10.1. The molecule has 0 aliphatic rings. The highest BCUT2D eigenvalue weighted by atomic mass is 16.3. The molecule has 3 N–H and O–H groups in total. The highest BCUT2D eigenvalue weighted by Crippen LogP contribution is 2.06. The van der Waals surface area contributed by atoms with Crippen molar-refractivity contribution in [3.8, 4) is 0 Å². The second-order valence-corrected chi connectivity index (χ2v) is 4.19. The van der Waals surface area contributed by atoms with E-state index in [0.717, 1.165) is 19.3 Å². The molecule has 0 bridgehead atoms. The Kier molecular flexibility index (Phi) is 10.3. The van der Waals surface area contributed by atoms with Gasteiger partial charge in [0.25, 0.3) is 0 Å². The van der Waals surface area contributed by atoms with Crippen LogP contribution in [0.4, 0.5) is 0 Å². The molecule has 0 rings (SSSR count). The van der Waals surface area contributed by atoms with E-state index in [9.17, 15) is 10.2 Å². The average Bonchev–Trinajstić information content (AvgIpc) is 2.17. The maximum Gasteiger partial charge on any atom is 0.106 e. The topological polar surface area (TPSA) is 52.5 Å². The van der Waals surface area contributed by atoms with Crippen molar-refractivity contribution in [2.24, 2.45) is 0 Å². The van der Waals surface area contributed by atoms with Gasteiger partial charge in [-0.3, -0.25) is 5.32 Å². The Balaban J connectivity index is 3.28. The third-order valence-electron chi connectivity index (χ3n) is 2.53. The van der Waals surface area contributed by atoms with E-state index in [-0.39, 0.29) is 0 Å². The first-order valence-electron chi connectivity index (χ1n) is 6.32. The van der Waals surface area contributed by atoms with Crippen molar-refractivity contribution in [1.29, 1.82) is 0 Å². The van der Waals surface area contributed by atoms with E-state index in [1.54, 1.807) is 0 Å². The van der Waals surface area contributed by atoms with Crippen LogP contribution in [-0.4, -0.2) is 22.7 Å².